The van der Waals surface area contributed by atoms with Gasteiger partial charge in [0.25, 0.3) is 0 Å². The Balaban J connectivity index is 2.36. The maximum absolute atomic E-state index is 9.16. The van der Waals surface area contributed by atoms with E-state index in [4.69, 9.17) is 21.6 Å². The first-order valence-corrected chi connectivity index (χ1v) is 7.44. The fraction of sp³-hybridized carbons (Fsp3) is 0.133. The summed E-state index contributed by atoms with van der Waals surface area (Å²) in [6, 6.07) is 15.3. The van der Waals surface area contributed by atoms with Crippen LogP contribution in [0, 0.1) is 11.3 Å². The Hall–Kier alpha value is -1.63. The van der Waals surface area contributed by atoms with E-state index in [0.717, 1.165) is 16.2 Å². The molecule has 2 aromatic rings. The summed E-state index contributed by atoms with van der Waals surface area (Å²) in [7, 11) is 0. The Morgan fingerprint density at radius 2 is 2.00 bits per heavy atom. The smallest absolute Gasteiger partial charge is 0.145 e. The summed E-state index contributed by atoms with van der Waals surface area (Å²) in [4.78, 5) is 1.04. The van der Waals surface area contributed by atoms with Crippen LogP contribution >= 0.6 is 23.4 Å². The van der Waals surface area contributed by atoms with Gasteiger partial charge in [-0.1, -0.05) is 18.2 Å². The largest absolute Gasteiger partial charge is 0.455 e. The van der Waals surface area contributed by atoms with Crippen LogP contribution in [0.4, 0.5) is 0 Å². The van der Waals surface area contributed by atoms with Crippen LogP contribution in [0.2, 0.25) is 0 Å². The molecule has 0 saturated carbocycles. The van der Waals surface area contributed by atoms with Gasteiger partial charge in [0.2, 0.25) is 0 Å². The van der Waals surface area contributed by atoms with Crippen molar-refractivity contribution in [2.24, 2.45) is 0 Å². The van der Waals surface area contributed by atoms with Crippen LogP contribution in [0.1, 0.15) is 11.1 Å². The number of hydrogen-bond acceptors (Lipinski definition) is 3. The van der Waals surface area contributed by atoms with Crippen molar-refractivity contribution in [1.82, 2.24) is 0 Å². The highest BCUT2D eigenvalue weighted by Gasteiger charge is 2.08. The van der Waals surface area contributed by atoms with Gasteiger partial charge in [-0.25, -0.2) is 0 Å². The number of halogens is 1. The first-order valence-electron chi connectivity index (χ1n) is 5.68. The molecule has 0 saturated heterocycles. The molecule has 0 aliphatic heterocycles. The monoisotopic (exact) mass is 289 g/mol. The van der Waals surface area contributed by atoms with Gasteiger partial charge in [0.1, 0.15) is 17.6 Å². The zero-order valence-corrected chi connectivity index (χ0v) is 12.0. The van der Waals surface area contributed by atoms with Crippen molar-refractivity contribution >= 4 is 23.4 Å². The molecule has 0 radical (unpaired) electrons. The van der Waals surface area contributed by atoms with Crippen LogP contribution < -0.4 is 4.74 Å². The molecule has 0 aliphatic carbocycles. The van der Waals surface area contributed by atoms with Crippen molar-refractivity contribution in [2.75, 3.05) is 6.26 Å². The van der Waals surface area contributed by atoms with E-state index in [2.05, 4.69) is 6.07 Å². The second-order valence-corrected chi connectivity index (χ2v) is 4.94. The molecule has 0 heterocycles. The number of alkyl halides is 1. The normalized spacial score (nSPS) is 9.95. The summed E-state index contributed by atoms with van der Waals surface area (Å²) in [6.07, 6.45) is 1.99. The molecule has 0 N–H and O–H groups in total. The van der Waals surface area contributed by atoms with Gasteiger partial charge in [-0.05, 0) is 36.1 Å². The minimum atomic E-state index is 0.385. The third-order valence-corrected chi connectivity index (χ3v) is 3.69. The van der Waals surface area contributed by atoms with E-state index in [1.807, 2.05) is 36.6 Å². The van der Waals surface area contributed by atoms with E-state index in [0.29, 0.717) is 17.2 Å². The van der Waals surface area contributed by atoms with E-state index in [-0.39, 0.29) is 0 Å². The Labute approximate surface area is 122 Å². The number of nitrogens with zero attached hydrogens (tertiary/aromatic N) is 1. The predicted molar refractivity (Wildman–Crippen MR) is 79.0 cm³/mol. The van der Waals surface area contributed by atoms with Crippen molar-refractivity contribution in [3.05, 3.63) is 53.6 Å². The van der Waals surface area contributed by atoms with Crippen molar-refractivity contribution < 1.29 is 4.74 Å². The molecule has 0 aliphatic rings. The van der Waals surface area contributed by atoms with E-state index in [1.54, 1.807) is 23.9 Å². The van der Waals surface area contributed by atoms with Crippen LogP contribution in [-0.2, 0) is 5.88 Å². The number of para-hydroxylation sites is 1. The SMILES string of the molecule is CSc1ccccc1Oc1ccc(CCl)cc1C#N. The van der Waals surface area contributed by atoms with Gasteiger partial charge >= 0.3 is 0 Å². The number of nitriles is 1. The molecule has 2 aromatic carbocycles. The Kier molecular flexibility index (Phi) is 4.73. The van der Waals surface area contributed by atoms with Crippen molar-refractivity contribution in [3.63, 3.8) is 0 Å². The van der Waals surface area contributed by atoms with Gasteiger partial charge in [-0.2, -0.15) is 5.26 Å². The highest BCUT2D eigenvalue weighted by atomic mass is 35.5. The molecule has 4 heteroatoms. The van der Waals surface area contributed by atoms with Gasteiger partial charge in [-0.3, -0.25) is 0 Å². The Bertz CT molecular complexity index is 622. The average Bonchev–Trinajstić information content (AvgIpc) is 2.48. The zero-order valence-electron chi connectivity index (χ0n) is 10.4. The van der Waals surface area contributed by atoms with Crippen LogP contribution in [0.15, 0.2) is 47.4 Å². The first kappa shape index (κ1) is 13.8. The lowest BCUT2D eigenvalue weighted by atomic mass is 10.1. The minimum Gasteiger partial charge on any atom is -0.455 e. The average molecular weight is 290 g/mol. The van der Waals surface area contributed by atoms with Crippen molar-refractivity contribution in [1.29, 1.82) is 5.26 Å². The maximum atomic E-state index is 9.16. The van der Waals surface area contributed by atoms with Crippen LogP contribution in [0.3, 0.4) is 0 Å². The summed E-state index contributed by atoms with van der Waals surface area (Å²) in [5.41, 5.74) is 1.40. The third kappa shape index (κ3) is 3.23. The topological polar surface area (TPSA) is 33.0 Å². The van der Waals surface area contributed by atoms with Crippen LogP contribution in [0.25, 0.3) is 0 Å². The van der Waals surface area contributed by atoms with Gasteiger partial charge in [0, 0.05) is 10.8 Å². The molecule has 0 fully saturated rings. The van der Waals surface area contributed by atoms with E-state index >= 15 is 0 Å². The molecule has 96 valence electrons. The van der Waals surface area contributed by atoms with Gasteiger partial charge in [0.15, 0.2) is 0 Å². The number of benzene rings is 2. The van der Waals surface area contributed by atoms with E-state index in [9.17, 15) is 0 Å². The molecule has 0 amide bonds. The minimum absolute atomic E-state index is 0.385. The van der Waals surface area contributed by atoms with E-state index < -0.39 is 0 Å². The molecule has 2 nitrogen and oxygen atoms in total. The van der Waals surface area contributed by atoms with Crippen molar-refractivity contribution in [2.45, 2.75) is 10.8 Å². The van der Waals surface area contributed by atoms with Gasteiger partial charge in [0.05, 0.1) is 5.56 Å². The Morgan fingerprint density at radius 1 is 1.21 bits per heavy atom. The molecule has 0 bridgehead atoms. The summed E-state index contributed by atoms with van der Waals surface area (Å²) in [5, 5.41) is 9.16. The first-order chi connectivity index (χ1) is 9.28. The predicted octanol–water partition coefficient (Wildman–Crippen LogP) is 4.81. The standard InChI is InChI=1S/C15H12ClNOS/c1-19-15-5-3-2-4-14(15)18-13-7-6-11(9-16)8-12(13)10-17/h2-8H,9H2,1H3. The molecule has 0 spiro atoms. The van der Waals surface area contributed by atoms with E-state index in [1.165, 1.54) is 0 Å². The second kappa shape index (κ2) is 6.51. The summed E-state index contributed by atoms with van der Waals surface area (Å²) in [5.74, 6) is 1.69. The fourth-order valence-electron chi connectivity index (χ4n) is 1.66. The second-order valence-electron chi connectivity index (χ2n) is 3.83. The molecular weight excluding hydrogens is 278 g/mol. The highest BCUT2D eigenvalue weighted by molar-refractivity contribution is 7.98. The molecule has 19 heavy (non-hydrogen) atoms. The maximum Gasteiger partial charge on any atom is 0.145 e. The quantitative estimate of drug-likeness (QED) is 0.598. The summed E-state index contributed by atoms with van der Waals surface area (Å²) >= 11 is 7.37. The molecule has 0 atom stereocenters. The van der Waals surface area contributed by atoms with Gasteiger partial charge < -0.3 is 4.74 Å². The van der Waals surface area contributed by atoms with Crippen LogP contribution in [-0.4, -0.2) is 6.26 Å². The molecule has 0 aromatic heterocycles. The summed E-state index contributed by atoms with van der Waals surface area (Å²) < 4.78 is 5.84. The fourth-order valence-corrected chi connectivity index (χ4v) is 2.35. The van der Waals surface area contributed by atoms with Gasteiger partial charge in [-0.15, -0.1) is 23.4 Å². The summed E-state index contributed by atoms with van der Waals surface area (Å²) in [6.45, 7) is 0. The highest BCUT2D eigenvalue weighted by Crippen LogP contribution is 2.33. The lowest BCUT2D eigenvalue weighted by Gasteiger charge is -2.11. The number of hydrogen-bond donors (Lipinski definition) is 0. The third-order valence-electron chi connectivity index (χ3n) is 2.61. The number of rotatable bonds is 4. The van der Waals surface area contributed by atoms with Crippen molar-refractivity contribution in [3.8, 4) is 17.6 Å². The lowest BCUT2D eigenvalue weighted by Crippen LogP contribution is -1.91. The van der Waals surface area contributed by atoms with Crippen LogP contribution in [0.5, 0.6) is 11.5 Å². The lowest BCUT2D eigenvalue weighted by molar-refractivity contribution is 0.469. The molecule has 0 unspecified atom stereocenters. The number of ether oxygens (including phenoxy) is 1. The Morgan fingerprint density at radius 3 is 2.68 bits per heavy atom. The molecular formula is C15H12ClNOS. The number of thioether (sulfide) groups is 1. The molecule has 2 rings (SSSR count). The zero-order chi connectivity index (χ0) is 13.7.